The number of hydrogen-bond acceptors (Lipinski definition) is 3. The quantitative estimate of drug-likeness (QED) is 0.604. The molecule has 3 aromatic rings. The van der Waals surface area contributed by atoms with Crippen LogP contribution >= 0.6 is 15.9 Å². The molecule has 0 fully saturated rings. The van der Waals surface area contributed by atoms with Gasteiger partial charge in [0, 0.05) is 0 Å². The van der Waals surface area contributed by atoms with Gasteiger partial charge in [-0.25, -0.2) is 0 Å². The lowest BCUT2D eigenvalue weighted by molar-refractivity contribution is 0.345. The first kappa shape index (κ1) is 15.1. The zero-order chi connectivity index (χ0) is 16.5. The molecule has 0 amide bonds. The highest BCUT2D eigenvalue weighted by Gasteiger charge is 2.18. The highest BCUT2D eigenvalue weighted by molar-refractivity contribution is 9.10. The van der Waals surface area contributed by atoms with Gasteiger partial charge in [-0.3, -0.25) is 0 Å². The molecular formula is C20H15BrO3. The van der Waals surface area contributed by atoms with Gasteiger partial charge in [0.25, 0.3) is 0 Å². The van der Waals surface area contributed by atoms with Gasteiger partial charge in [0.2, 0.25) is 0 Å². The van der Waals surface area contributed by atoms with E-state index in [1.807, 2.05) is 42.5 Å². The summed E-state index contributed by atoms with van der Waals surface area (Å²) in [4.78, 5) is 0. The number of fused-ring (bicyclic) bond motifs is 2. The number of methoxy groups -OCH3 is 1. The van der Waals surface area contributed by atoms with Crippen molar-refractivity contribution >= 4 is 32.5 Å². The fraction of sp³-hybridized carbons (Fsp3) is 0.100. The summed E-state index contributed by atoms with van der Waals surface area (Å²) in [6.45, 7) is 0.486. The van der Waals surface area contributed by atoms with Gasteiger partial charge in [0.15, 0.2) is 0 Å². The highest BCUT2D eigenvalue weighted by atomic mass is 79.9. The van der Waals surface area contributed by atoms with Gasteiger partial charge in [-0.05, 0) is 57.0 Å². The maximum absolute atomic E-state index is 6.20. The van der Waals surface area contributed by atoms with Crippen LogP contribution in [0.15, 0.2) is 65.1 Å². The fourth-order valence-corrected chi connectivity index (χ4v) is 3.35. The lowest BCUT2D eigenvalue weighted by atomic mass is 10.1. The molecule has 0 aromatic heterocycles. The molecule has 0 N–H and O–H groups in total. The first-order valence-electron chi connectivity index (χ1n) is 7.63. The number of benzene rings is 3. The van der Waals surface area contributed by atoms with Gasteiger partial charge >= 0.3 is 0 Å². The average molecular weight is 383 g/mol. The largest absolute Gasteiger partial charge is 0.497 e. The zero-order valence-corrected chi connectivity index (χ0v) is 14.7. The molecule has 0 spiro atoms. The van der Waals surface area contributed by atoms with Crippen LogP contribution in [0.4, 0.5) is 0 Å². The van der Waals surface area contributed by atoms with Gasteiger partial charge in [0.05, 0.1) is 17.1 Å². The van der Waals surface area contributed by atoms with Crippen LogP contribution in [0.2, 0.25) is 0 Å². The Bertz CT molecular complexity index is 947. The van der Waals surface area contributed by atoms with Crippen molar-refractivity contribution < 1.29 is 14.2 Å². The molecule has 1 aliphatic rings. The van der Waals surface area contributed by atoms with Crippen LogP contribution in [0.5, 0.6) is 17.2 Å². The van der Waals surface area contributed by atoms with E-state index < -0.39 is 0 Å². The van der Waals surface area contributed by atoms with Crippen molar-refractivity contribution in [1.82, 2.24) is 0 Å². The fourth-order valence-electron chi connectivity index (χ4n) is 2.78. The van der Waals surface area contributed by atoms with Gasteiger partial charge in [-0.1, -0.05) is 30.3 Å². The molecule has 1 heterocycles. The highest BCUT2D eigenvalue weighted by Crippen LogP contribution is 2.38. The van der Waals surface area contributed by atoms with Crippen LogP contribution in [0.3, 0.4) is 0 Å². The molecule has 3 aromatic carbocycles. The molecule has 3 nitrogen and oxygen atoms in total. The van der Waals surface area contributed by atoms with Crippen molar-refractivity contribution in [3.8, 4) is 17.2 Å². The van der Waals surface area contributed by atoms with Crippen LogP contribution in [0, 0.1) is 0 Å². The summed E-state index contributed by atoms with van der Waals surface area (Å²) in [5.74, 6) is 3.11. The Morgan fingerprint density at radius 3 is 2.79 bits per heavy atom. The lowest BCUT2D eigenvalue weighted by Gasteiger charge is -2.20. The second-order valence-corrected chi connectivity index (χ2v) is 6.24. The molecule has 0 saturated heterocycles. The van der Waals surface area contributed by atoms with Crippen LogP contribution < -0.4 is 14.2 Å². The second kappa shape index (κ2) is 6.21. The monoisotopic (exact) mass is 382 g/mol. The van der Waals surface area contributed by atoms with Gasteiger partial charge in [-0.15, -0.1) is 0 Å². The average Bonchev–Trinajstić information content (AvgIpc) is 2.64. The predicted octanol–water partition coefficient (Wildman–Crippen LogP) is 5.42. The molecule has 0 unspecified atom stereocenters. The predicted molar refractivity (Wildman–Crippen MR) is 98.7 cm³/mol. The molecule has 1 aliphatic heterocycles. The Labute approximate surface area is 148 Å². The Hall–Kier alpha value is -2.46. The Balaban J connectivity index is 1.74. The van der Waals surface area contributed by atoms with Crippen molar-refractivity contribution in [2.45, 2.75) is 0 Å². The van der Waals surface area contributed by atoms with E-state index >= 15 is 0 Å². The first-order chi connectivity index (χ1) is 11.8. The summed E-state index contributed by atoms with van der Waals surface area (Å²) >= 11 is 3.67. The number of hydrogen-bond donors (Lipinski definition) is 0. The van der Waals surface area contributed by atoms with Gasteiger partial charge in [0.1, 0.15) is 29.6 Å². The smallest absolute Gasteiger partial charge is 0.142 e. The third kappa shape index (κ3) is 2.63. The first-order valence-corrected chi connectivity index (χ1v) is 8.42. The van der Waals surface area contributed by atoms with E-state index in [0.29, 0.717) is 6.61 Å². The minimum Gasteiger partial charge on any atom is -0.497 e. The summed E-state index contributed by atoms with van der Waals surface area (Å²) in [6, 6.07) is 17.9. The topological polar surface area (TPSA) is 27.7 Å². The Morgan fingerprint density at radius 1 is 1.04 bits per heavy atom. The van der Waals surface area contributed by atoms with Crippen LogP contribution in [-0.4, -0.2) is 13.7 Å². The lowest BCUT2D eigenvalue weighted by Crippen LogP contribution is -2.08. The molecule has 0 aliphatic carbocycles. The third-order valence-corrected chi connectivity index (χ3v) is 4.83. The van der Waals surface area contributed by atoms with E-state index in [4.69, 9.17) is 14.2 Å². The van der Waals surface area contributed by atoms with E-state index in [2.05, 4.69) is 34.1 Å². The molecule has 0 radical (unpaired) electrons. The van der Waals surface area contributed by atoms with Crippen LogP contribution in [-0.2, 0) is 0 Å². The molecule has 4 heteroatoms. The molecular weight excluding hydrogens is 368 g/mol. The third-order valence-electron chi connectivity index (χ3n) is 4.01. The molecule has 24 heavy (non-hydrogen) atoms. The van der Waals surface area contributed by atoms with Crippen molar-refractivity contribution in [3.05, 3.63) is 70.7 Å². The molecule has 0 atom stereocenters. The summed E-state index contributed by atoms with van der Waals surface area (Å²) in [7, 11) is 1.65. The van der Waals surface area contributed by atoms with Crippen molar-refractivity contribution in [3.63, 3.8) is 0 Å². The Morgan fingerprint density at radius 2 is 1.92 bits per heavy atom. The SMILES string of the molecule is COc1ccc2c(c1)C(Oc1ccc3ccccc3c1Br)=CCO2. The second-order valence-electron chi connectivity index (χ2n) is 5.44. The molecule has 0 saturated carbocycles. The maximum Gasteiger partial charge on any atom is 0.142 e. The summed E-state index contributed by atoms with van der Waals surface area (Å²) in [5.41, 5.74) is 0.889. The zero-order valence-electron chi connectivity index (χ0n) is 13.1. The normalized spacial score (nSPS) is 13.0. The van der Waals surface area contributed by atoms with Crippen molar-refractivity contribution in [2.75, 3.05) is 13.7 Å². The Kier molecular flexibility index (Phi) is 3.90. The van der Waals surface area contributed by atoms with E-state index in [0.717, 1.165) is 38.4 Å². The number of ether oxygens (including phenoxy) is 3. The summed E-state index contributed by atoms with van der Waals surface area (Å²) < 4.78 is 18.1. The maximum atomic E-state index is 6.20. The molecule has 4 rings (SSSR count). The molecule has 0 bridgehead atoms. The van der Waals surface area contributed by atoms with E-state index in [9.17, 15) is 0 Å². The van der Waals surface area contributed by atoms with Crippen LogP contribution in [0.1, 0.15) is 5.56 Å². The summed E-state index contributed by atoms with van der Waals surface area (Å²) in [5, 5.41) is 2.29. The van der Waals surface area contributed by atoms with Crippen molar-refractivity contribution in [2.24, 2.45) is 0 Å². The van der Waals surface area contributed by atoms with Crippen molar-refractivity contribution in [1.29, 1.82) is 0 Å². The van der Waals surface area contributed by atoms with E-state index in [-0.39, 0.29) is 0 Å². The van der Waals surface area contributed by atoms with Gasteiger partial charge < -0.3 is 14.2 Å². The standard InChI is InChI=1S/C20H15BrO3/c1-22-14-7-9-17-16(12-14)18(10-11-23-17)24-19-8-6-13-4-2-3-5-15(13)20(19)21/h2-10,12H,11H2,1H3. The van der Waals surface area contributed by atoms with Gasteiger partial charge in [-0.2, -0.15) is 0 Å². The van der Waals surface area contributed by atoms with Crippen LogP contribution in [0.25, 0.3) is 16.5 Å². The number of rotatable bonds is 3. The minimum atomic E-state index is 0.486. The minimum absolute atomic E-state index is 0.486. The van der Waals surface area contributed by atoms with E-state index in [1.165, 1.54) is 5.39 Å². The summed E-state index contributed by atoms with van der Waals surface area (Å²) in [6.07, 6.45) is 1.93. The number of halogens is 1. The molecule has 120 valence electrons. The van der Waals surface area contributed by atoms with E-state index in [1.54, 1.807) is 7.11 Å².